The van der Waals surface area contributed by atoms with Gasteiger partial charge in [-0.3, -0.25) is 14.7 Å². The number of aromatic nitrogens is 3. The van der Waals surface area contributed by atoms with Crippen molar-refractivity contribution in [2.24, 2.45) is 5.92 Å². The van der Waals surface area contributed by atoms with Crippen molar-refractivity contribution >= 4 is 11.2 Å². The summed E-state index contributed by atoms with van der Waals surface area (Å²) in [6, 6.07) is 0.194. The van der Waals surface area contributed by atoms with E-state index in [2.05, 4.69) is 42.3 Å². The Morgan fingerprint density at radius 3 is 2.63 bits per heavy atom. The molecule has 8 heteroatoms. The summed E-state index contributed by atoms with van der Waals surface area (Å²) < 4.78 is 3.14. The van der Waals surface area contributed by atoms with Gasteiger partial charge < -0.3 is 15.1 Å². The molecule has 0 spiro atoms. The second-order valence-electron chi connectivity index (χ2n) is 8.71. The highest BCUT2D eigenvalue weighted by atomic mass is 16.3. The number of aromatic hydroxyl groups is 1. The Hall–Kier alpha value is -2.16. The van der Waals surface area contributed by atoms with Gasteiger partial charge in [0, 0.05) is 31.2 Å². The number of rotatable bonds is 8. The van der Waals surface area contributed by atoms with Crippen molar-refractivity contribution < 1.29 is 10.2 Å². The third-order valence-corrected chi connectivity index (χ3v) is 6.52. The molecular formula is C22H33N5O3. The topological polar surface area (TPSA) is 95.0 Å². The van der Waals surface area contributed by atoms with Crippen LogP contribution in [0.1, 0.15) is 63.3 Å². The van der Waals surface area contributed by atoms with Gasteiger partial charge in [0.05, 0.1) is 6.20 Å². The zero-order valence-electron chi connectivity index (χ0n) is 18.1. The summed E-state index contributed by atoms with van der Waals surface area (Å²) >= 11 is 0. The minimum Gasteiger partial charge on any atom is -0.494 e. The first-order chi connectivity index (χ1) is 14.4. The average molecular weight is 416 g/mol. The summed E-state index contributed by atoms with van der Waals surface area (Å²) in [7, 11) is 2.08. The fourth-order valence-electron chi connectivity index (χ4n) is 4.22. The third-order valence-electron chi connectivity index (χ3n) is 6.52. The second-order valence-corrected chi connectivity index (χ2v) is 8.71. The Morgan fingerprint density at radius 2 is 2.03 bits per heavy atom. The van der Waals surface area contributed by atoms with E-state index >= 15 is 0 Å². The quantitative estimate of drug-likeness (QED) is 0.572. The van der Waals surface area contributed by atoms with Crippen LogP contribution in [0.25, 0.3) is 11.2 Å². The van der Waals surface area contributed by atoms with Gasteiger partial charge in [-0.15, -0.1) is 0 Å². The van der Waals surface area contributed by atoms with E-state index < -0.39 is 11.8 Å². The van der Waals surface area contributed by atoms with Crippen molar-refractivity contribution in [3.8, 4) is 5.88 Å². The molecule has 0 amide bonds. The van der Waals surface area contributed by atoms with Crippen molar-refractivity contribution in [3.63, 3.8) is 0 Å². The maximum atomic E-state index is 13.2. The van der Waals surface area contributed by atoms with Crippen LogP contribution < -0.4 is 10.9 Å². The van der Waals surface area contributed by atoms with Gasteiger partial charge in [-0.2, -0.15) is 9.61 Å². The van der Waals surface area contributed by atoms with Crippen molar-refractivity contribution in [3.05, 3.63) is 33.8 Å². The second kappa shape index (κ2) is 8.53. The molecule has 0 aromatic carbocycles. The predicted molar refractivity (Wildman–Crippen MR) is 116 cm³/mol. The highest BCUT2D eigenvalue weighted by Crippen LogP contribution is 2.32. The Balaban J connectivity index is 1.89. The van der Waals surface area contributed by atoms with Crippen LogP contribution in [0, 0.1) is 5.92 Å². The normalized spacial score (nSPS) is 18.9. The summed E-state index contributed by atoms with van der Waals surface area (Å²) in [5.41, 5.74) is 2.15. The lowest BCUT2D eigenvalue weighted by Crippen LogP contribution is -2.33. The maximum absolute atomic E-state index is 13.2. The zero-order valence-corrected chi connectivity index (χ0v) is 18.1. The van der Waals surface area contributed by atoms with Crippen LogP contribution in [0.15, 0.2) is 17.1 Å². The van der Waals surface area contributed by atoms with Gasteiger partial charge in [-0.25, -0.2) is 0 Å². The van der Waals surface area contributed by atoms with Gasteiger partial charge in [0.1, 0.15) is 17.4 Å². The monoisotopic (exact) mass is 415 g/mol. The molecule has 1 saturated carbocycles. The van der Waals surface area contributed by atoms with Crippen molar-refractivity contribution in [2.75, 3.05) is 20.1 Å². The summed E-state index contributed by atoms with van der Waals surface area (Å²) in [6.07, 6.45) is 7.41. The lowest BCUT2D eigenvalue weighted by molar-refractivity contribution is 0.129. The minimum atomic E-state index is -1.21. The molecule has 3 N–H and O–H groups in total. The molecular weight excluding hydrogens is 382 g/mol. The van der Waals surface area contributed by atoms with E-state index in [1.54, 1.807) is 10.8 Å². The Labute approximate surface area is 176 Å². The summed E-state index contributed by atoms with van der Waals surface area (Å²) in [5, 5.41) is 29.3. The first-order valence-electron chi connectivity index (χ1n) is 11.1. The molecule has 30 heavy (non-hydrogen) atoms. The van der Waals surface area contributed by atoms with Crippen LogP contribution in [0.2, 0.25) is 0 Å². The van der Waals surface area contributed by atoms with Crippen LogP contribution in [-0.4, -0.2) is 55.5 Å². The van der Waals surface area contributed by atoms with E-state index in [1.807, 2.05) is 0 Å². The molecule has 0 radical (unpaired) electrons. The zero-order chi connectivity index (χ0) is 21.4. The number of likely N-dealkylation sites (N-methyl/N-ethyl adjacent to an activating group) is 1. The van der Waals surface area contributed by atoms with Gasteiger partial charge in [-0.05, 0) is 37.8 Å². The van der Waals surface area contributed by atoms with Crippen molar-refractivity contribution in [1.82, 2.24) is 24.4 Å². The standard InChI is InChI=1S/C22H33N5O3/c1-4-14(5-2)13-26-20-17(15-8-10-25(3)11-9-15)12-23-27(20)22(30)18(21(26)29)19(28)24-16-6-7-16/h8,12,14,16,19,24,28-29H,4-7,9-11,13H2,1-3H3. The number of nitrogens with one attached hydrogen (secondary N) is 1. The van der Waals surface area contributed by atoms with Gasteiger partial charge in [0.25, 0.3) is 5.56 Å². The fraction of sp³-hybridized carbons (Fsp3) is 0.636. The molecule has 1 unspecified atom stereocenters. The van der Waals surface area contributed by atoms with E-state index in [0.717, 1.165) is 56.3 Å². The molecule has 1 aliphatic heterocycles. The fourth-order valence-corrected chi connectivity index (χ4v) is 4.22. The molecule has 2 aromatic rings. The molecule has 1 aliphatic carbocycles. The van der Waals surface area contributed by atoms with Gasteiger partial charge in [0.15, 0.2) is 0 Å². The highest BCUT2D eigenvalue weighted by molar-refractivity contribution is 5.77. The Kier molecular flexibility index (Phi) is 5.99. The van der Waals surface area contributed by atoms with E-state index in [1.165, 1.54) is 4.52 Å². The summed E-state index contributed by atoms with van der Waals surface area (Å²) in [5.74, 6) is 0.188. The molecule has 0 bridgehead atoms. The predicted octanol–water partition coefficient (Wildman–Crippen LogP) is 2.10. The number of fused-ring (bicyclic) bond motifs is 1. The molecule has 1 atom stereocenters. The SMILES string of the molecule is CCC(CC)Cn1c(O)c(C(O)NC2CC2)c(=O)n2ncc(C3=CCN(C)CC3)c12. The largest absolute Gasteiger partial charge is 0.494 e. The van der Waals surface area contributed by atoms with E-state index in [4.69, 9.17) is 0 Å². The van der Waals surface area contributed by atoms with Gasteiger partial charge in [0.2, 0.25) is 5.88 Å². The van der Waals surface area contributed by atoms with Crippen molar-refractivity contribution in [1.29, 1.82) is 0 Å². The van der Waals surface area contributed by atoms with E-state index in [-0.39, 0.29) is 17.5 Å². The maximum Gasteiger partial charge on any atom is 0.285 e. The molecule has 2 aliphatic rings. The smallest absolute Gasteiger partial charge is 0.285 e. The van der Waals surface area contributed by atoms with Gasteiger partial charge in [-0.1, -0.05) is 32.8 Å². The molecule has 4 rings (SSSR count). The number of hydrogen-bond acceptors (Lipinski definition) is 6. The molecule has 2 aromatic heterocycles. The Bertz CT molecular complexity index is 1000. The Morgan fingerprint density at radius 1 is 1.30 bits per heavy atom. The molecule has 8 nitrogen and oxygen atoms in total. The van der Waals surface area contributed by atoms with Crippen LogP contribution in [0.5, 0.6) is 5.88 Å². The van der Waals surface area contributed by atoms with Crippen LogP contribution in [-0.2, 0) is 6.54 Å². The number of aliphatic hydroxyl groups is 1. The number of hydrogen-bond donors (Lipinski definition) is 3. The highest BCUT2D eigenvalue weighted by Gasteiger charge is 2.31. The average Bonchev–Trinajstić information content (AvgIpc) is 3.43. The minimum absolute atomic E-state index is 0.0210. The van der Waals surface area contributed by atoms with E-state index in [0.29, 0.717) is 18.1 Å². The lowest BCUT2D eigenvalue weighted by atomic mass is 10.0. The molecule has 0 saturated heterocycles. The van der Waals surface area contributed by atoms with Crippen molar-refractivity contribution in [2.45, 2.75) is 64.8 Å². The number of aliphatic hydroxyl groups excluding tert-OH is 1. The van der Waals surface area contributed by atoms with Crippen LogP contribution >= 0.6 is 0 Å². The molecule has 1 fully saturated rings. The van der Waals surface area contributed by atoms with Crippen LogP contribution in [0.3, 0.4) is 0 Å². The van der Waals surface area contributed by atoms with Crippen LogP contribution in [0.4, 0.5) is 0 Å². The first kappa shape index (κ1) is 21.1. The van der Waals surface area contributed by atoms with E-state index in [9.17, 15) is 15.0 Å². The van der Waals surface area contributed by atoms with Gasteiger partial charge >= 0.3 is 0 Å². The summed E-state index contributed by atoms with van der Waals surface area (Å²) in [6.45, 7) is 6.61. The number of nitrogens with zero attached hydrogens (tertiary/aromatic N) is 4. The molecule has 164 valence electrons. The third kappa shape index (κ3) is 3.91. The molecule has 3 heterocycles. The lowest BCUT2D eigenvalue weighted by Gasteiger charge is -2.24. The first-order valence-corrected chi connectivity index (χ1v) is 11.1. The summed E-state index contributed by atoms with van der Waals surface area (Å²) in [4.78, 5) is 15.5.